The van der Waals surface area contributed by atoms with Gasteiger partial charge in [-0.1, -0.05) is 19.8 Å². The number of hydrogen-bond donors (Lipinski definition) is 2. The van der Waals surface area contributed by atoms with E-state index in [0.717, 1.165) is 44.8 Å². The lowest BCUT2D eigenvalue weighted by Gasteiger charge is -2.39. The van der Waals surface area contributed by atoms with Gasteiger partial charge in [-0.05, 0) is 44.4 Å². The molecule has 152 valence electrons. The van der Waals surface area contributed by atoms with Gasteiger partial charge in [-0.25, -0.2) is 8.42 Å². The number of sulfone groups is 1. The molecule has 6 nitrogen and oxygen atoms in total. The van der Waals surface area contributed by atoms with Gasteiger partial charge in [0, 0.05) is 25.7 Å². The van der Waals surface area contributed by atoms with Crippen molar-refractivity contribution in [2.75, 3.05) is 31.2 Å². The highest BCUT2D eigenvalue weighted by molar-refractivity contribution is 14.0. The average Bonchev–Trinajstić information content (AvgIpc) is 3.16. The van der Waals surface area contributed by atoms with E-state index in [4.69, 9.17) is 9.73 Å². The number of hydrogen-bond acceptors (Lipinski definition) is 4. The lowest BCUT2D eigenvalue weighted by Crippen LogP contribution is -2.50. The molecule has 0 aromatic carbocycles. The Balaban J connectivity index is 0.00000243. The van der Waals surface area contributed by atoms with Crippen molar-refractivity contribution in [2.45, 2.75) is 69.9 Å². The summed E-state index contributed by atoms with van der Waals surface area (Å²) in [7, 11) is -2.83. The molecule has 2 saturated heterocycles. The van der Waals surface area contributed by atoms with Gasteiger partial charge in [-0.3, -0.25) is 4.99 Å². The van der Waals surface area contributed by atoms with E-state index in [1.807, 2.05) is 0 Å². The zero-order chi connectivity index (χ0) is 17.8. The smallest absolute Gasteiger partial charge is 0.191 e. The first-order valence-electron chi connectivity index (χ1n) is 9.89. The normalized spacial score (nSPS) is 30.1. The maximum atomic E-state index is 11.6. The molecule has 0 bridgehead atoms. The molecule has 2 aliphatic heterocycles. The zero-order valence-electron chi connectivity index (χ0n) is 15.8. The molecule has 1 spiro atoms. The monoisotopic (exact) mass is 499 g/mol. The summed E-state index contributed by atoms with van der Waals surface area (Å²) in [5, 5.41) is 6.99. The van der Waals surface area contributed by atoms with Crippen LogP contribution in [0.2, 0.25) is 0 Å². The molecule has 0 aromatic heterocycles. The van der Waals surface area contributed by atoms with E-state index in [0.29, 0.717) is 18.3 Å². The molecule has 0 radical (unpaired) electrons. The zero-order valence-corrected chi connectivity index (χ0v) is 19.0. The lowest BCUT2D eigenvalue weighted by atomic mass is 9.89. The number of halogens is 1. The summed E-state index contributed by atoms with van der Waals surface area (Å²) in [5.74, 6) is 1.62. The predicted octanol–water partition coefficient (Wildman–Crippen LogP) is 2.48. The highest BCUT2D eigenvalue weighted by atomic mass is 127. The van der Waals surface area contributed by atoms with E-state index in [2.05, 4.69) is 17.6 Å². The third-order valence-electron chi connectivity index (χ3n) is 5.73. The molecule has 1 aliphatic carbocycles. The SMILES string of the molecule is CCCNC(=NCC1CCS(=O)(=O)C1)NC1CCOC2(CCCC2)C1.I. The fourth-order valence-corrected chi connectivity index (χ4v) is 6.19. The van der Waals surface area contributed by atoms with Gasteiger partial charge < -0.3 is 15.4 Å². The molecule has 3 fully saturated rings. The number of rotatable bonds is 5. The van der Waals surface area contributed by atoms with Crippen LogP contribution in [-0.2, 0) is 14.6 Å². The Morgan fingerprint density at radius 3 is 2.69 bits per heavy atom. The number of aliphatic imine (C=N–C) groups is 1. The molecule has 1 saturated carbocycles. The molecule has 2 unspecified atom stereocenters. The first kappa shape index (κ1) is 22.2. The van der Waals surface area contributed by atoms with E-state index in [1.54, 1.807) is 0 Å². The molecule has 3 aliphatic rings. The molecular weight excluding hydrogens is 465 g/mol. The van der Waals surface area contributed by atoms with E-state index in [1.165, 1.54) is 25.7 Å². The first-order chi connectivity index (χ1) is 12.0. The molecule has 2 atom stereocenters. The van der Waals surface area contributed by atoms with Crippen molar-refractivity contribution in [3.63, 3.8) is 0 Å². The van der Waals surface area contributed by atoms with Crippen LogP contribution < -0.4 is 10.6 Å². The molecule has 2 heterocycles. The van der Waals surface area contributed by atoms with Crippen LogP contribution in [-0.4, -0.2) is 57.2 Å². The summed E-state index contributed by atoms with van der Waals surface area (Å²) in [5.41, 5.74) is 0.0886. The molecule has 0 amide bonds. The number of nitrogens with zero attached hydrogens (tertiary/aromatic N) is 1. The Morgan fingerprint density at radius 1 is 1.27 bits per heavy atom. The standard InChI is InChI=1S/C18H33N3O3S.HI/c1-2-9-19-17(20-13-15-6-11-25(22,23)14-15)21-16-5-10-24-18(12-16)7-3-4-8-18;/h15-16H,2-14H2,1H3,(H2,19,20,21);1H. The summed E-state index contributed by atoms with van der Waals surface area (Å²) in [6.07, 6.45) is 8.75. The van der Waals surface area contributed by atoms with Crippen LogP contribution in [0.1, 0.15) is 58.3 Å². The summed E-state index contributed by atoms with van der Waals surface area (Å²) in [6, 6.07) is 0.391. The van der Waals surface area contributed by atoms with Gasteiger partial charge in [-0.15, -0.1) is 24.0 Å². The van der Waals surface area contributed by atoms with E-state index < -0.39 is 9.84 Å². The summed E-state index contributed by atoms with van der Waals surface area (Å²) >= 11 is 0. The fourth-order valence-electron chi connectivity index (χ4n) is 4.34. The lowest BCUT2D eigenvalue weighted by molar-refractivity contribution is -0.0815. The van der Waals surface area contributed by atoms with Crippen molar-refractivity contribution in [3.05, 3.63) is 0 Å². The van der Waals surface area contributed by atoms with Crippen LogP contribution in [0.5, 0.6) is 0 Å². The number of nitrogens with one attached hydrogen (secondary N) is 2. The van der Waals surface area contributed by atoms with Crippen LogP contribution in [0.4, 0.5) is 0 Å². The largest absolute Gasteiger partial charge is 0.375 e. The Kier molecular flexibility index (Phi) is 8.46. The second-order valence-electron chi connectivity index (χ2n) is 7.96. The molecule has 26 heavy (non-hydrogen) atoms. The van der Waals surface area contributed by atoms with E-state index in [-0.39, 0.29) is 41.2 Å². The summed E-state index contributed by atoms with van der Waals surface area (Å²) in [6.45, 7) is 4.42. The summed E-state index contributed by atoms with van der Waals surface area (Å²) in [4.78, 5) is 4.71. The highest BCUT2D eigenvalue weighted by Gasteiger charge is 2.40. The average molecular weight is 499 g/mol. The Labute approximate surface area is 175 Å². The second-order valence-corrected chi connectivity index (χ2v) is 10.2. The van der Waals surface area contributed by atoms with Gasteiger partial charge in [0.1, 0.15) is 0 Å². The van der Waals surface area contributed by atoms with Crippen molar-refractivity contribution < 1.29 is 13.2 Å². The van der Waals surface area contributed by atoms with Crippen molar-refractivity contribution in [1.29, 1.82) is 0 Å². The van der Waals surface area contributed by atoms with E-state index >= 15 is 0 Å². The Bertz CT molecular complexity index is 576. The number of ether oxygens (including phenoxy) is 1. The Morgan fingerprint density at radius 2 is 2.04 bits per heavy atom. The van der Waals surface area contributed by atoms with Crippen molar-refractivity contribution in [3.8, 4) is 0 Å². The van der Waals surface area contributed by atoms with Crippen LogP contribution in [0.25, 0.3) is 0 Å². The molecular formula is C18H34IN3O3S. The fraction of sp³-hybridized carbons (Fsp3) is 0.944. The van der Waals surface area contributed by atoms with Crippen molar-refractivity contribution >= 4 is 39.8 Å². The predicted molar refractivity (Wildman–Crippen MR) is 116 cm³/mol. The Hall–Kier alpha value is -0.0900. The molecule has 2 N–H and O–H groups in total. The second kappa shape index (κ2) is 9.91. The third kappa shape index (κ3) is 6.22. The third-order valence-corrected chi connectivity index (χ3v) is 7.56. The highest BCUT2D eigenvalue weighted by Crippen LogP contribution is 2.39. The molecule has 0 aromatic rings. The van der Waals surface area contributed by atoms with Gasteiger partial charge in [0.05, 0.1) is 17.1 Å². The van der Waals surface area contributed by atoms with Crippen LogP contribution in [0.15, 0.2) is 4.99 Å². The van der Waals surface area contributed by atoms with Crippen LogP contribution in [0.3, 0.4) is 0 Å². The van der Waals surface area contributed by atoms with Crippen LogP contribution in [0, 0.1) is 5.92 Å². The molecule has 3 rings (SSSR count). The van der Waals surface area contributed by atoms with Gasteiger partial charge >= 0.3 is 0 Å². The van der Waals surface area contributed by atoms with E-state index in [9.17, 15) is 8.42 Å². The number of guanidine groups is 1. The maximum absolute atomic E-state index is 11.6. The van der Waals surface area contributed by atoms with Gasteiger partial charge in [-0.2, -0.15) is 0 Å². The maximum Gasteiger partial charge on any atom is 0.191 e. The van der Waals surface area contributed by atoms with Crippen molar-refractivity contribution in [2.24, 2.45) is 10.9 Å². The van der Waals surface area contributed by atoms with Crippen LogP contribution >= 0.6 is 24.0 Å². The van der Waals surface area contributed by atoms with Gasteiger partial charge in [0.25, 0.3) is 0 Å². The minimum atomic E-state index is -2.83. The molecule has 8 heteroatoms. The minimum Gasteiger partial charge on any atom is -0.375 e. The topological polar surface area (TPSA) is 79.8 Å². The van der Waals surface area contributed by atoms with Crippen molar-refractivity contribution in [1.82, 2.24) is 10.6 Å². The minimum absolute atomic E-state index is 0. The first-order valence-corrected chi connectivity index (χ1v) is 11.7. The van der Waals surface area contributed by atoms with Gasteiger partial charge in [0.2, 0.25) is 0 Å². The van der Waals surface area contributed by atoms with Gasteiger partial charge in [0.15, 0.2) is 15.8 Å². The quantitative estimate of drug-likeness (QED) is 0.345. The summed E-state index contributed by atoms with van der Waals surface area (Å²) < 4.78 is 29.4.